The molecule has 1 aromatic carbocycles. The summed E-state index contributed by atoms with van der Waals surface area (Å²) in [6, 6.07) is 4.93. The number of alkyl halides is 1. The minimum absolute atomic E-state index is 0.00779. The number of carbonyl (C=O) groups excluding carboxylic acids is 1. The summed E-state index contributed by atoms with van der Waals surface area (Å²) >= 11 is 6.86. The lowest BCUT2D eigenvalue weighted by Gasteiger charge is -2.35. The Labute approximate surface area is 136 Å². The number of nitrogens with one attached hydrogen (secondary N) is 1. The Balaban J connectivity index is 2.00. The van der Waals surface area contributed by atoms with Crippen molar-refractivity contribution in [2.75, 3.05) is 11.9 Å². The van der Waals surface area contributed by atoms with Crippen molar-refractivity contribution in [1.82, 2.24) is 5.32 Å². The van der Waals surface area contributed by atoms with Gasteiger partial charge in [-0.3, -0.25) is 4.79 Å². The fourth-order valence-electron chi connectivity index (χ4n) is 2.72. The molecule has 1 amide bonds. The molecule has 1 fully saturated rings. The fourth-order valence-corrected chi connectivity index (χ4v) is 3.83. The number of hydrogen-bond donors (Lipinski definition) is 2. The molecule has 0 radical (unpaired) electrons. The van der Waals surface area contributed by atoms with Crippen molar-refractivity contribution in [3.63, 3.8) is 0 Å². The van der Waals surface area contributed by atoms with Gasteiger partial charge >= 0.3 is 0 Å². The second-order valence-electron chi connectivity index (χ2n) is 5.54. The van der Waals surface area contributed by atoms with E-state index in [4.69, 9.17) is 0 Å². The molecule has 0 spiro atoms. The van der Waals surface area contributed by atoms with Gasteiger partial charge < -0.3 is 10.4 Å². The van der Waals surface area contributed by atoms with Gasteiger partial charge in [0.25, 0.3) is 5.91 Å². The number of carbonyl (C=O) groups is 1. The second-order valence-corrected chi connectivity index (χ2v) is 7.01. The molecule has 1 aliphatic rings. The van der Waals surface area contributed by atoms with E-state index >= 15 is 0 Å². The molecule has 0 aliphatic heterocycles. The first-order valence-electron chi connectivity index (χ1n) is 6.89. The Morgan fingerprint density at radius 1 is 1.30 bits per heavy atom. The van der Waals surface area contributed by atoms with Crippen molar-refractivity contribution in [2.45, 2.75) is 32.1 Å². The number of aromatic hydroxyl groups is 1. The second kappa shape index (κ2) is 6.94. The highest BCUT2D eigenvalue weighted by atomic mass is 79.9. The maximum Gasteiger partial charge on any atom is 0.255 e. The Kier molecular flexibility index (Phi) is 5.49. The fraction of sp³-hybridized carbons (Fsp3) is 0.533. The highest BCUT2D eigenvalue weighted by molar-refractivity contribution is 9.10. The van der Waals surface area contributed by atoms with Gasteiger partial charge in [-0.25, -0.2) is 0 Å². The Morgan fingerprint density at radius 3 is 2.60 bits per heavy atom. The van der Waals surface area contributed by atoms with Gasteiger partial charge in [0.1, 0.15) is 5.75 Å². The van der Waals surface area contributed by atoms with Gasteiger partial charge in [-0.1, -0.05) is 51.1 Å². The monoisotopic (exact) mass is 403 g/mol. The zero-order chi connectivity index (χ0) is 14.6. The summed E-state index contributed by atoms with van der Waals surface area (Å²) in [4.78, 5) is 12.2. The SMILES string of the molecule is O=C(NCC1(CBr)CCCCC1)c1ccc(Br)cc1O. The summed E-state index contributed by atoms with van der Waals surface area (Å²) in [6.45, 7) is 0.659. The Bertz CT molecular complexity index is 485. The summed E-state index contributed by atoms with van der Waals surface area (Å²) in [5, 5.41) is 13.7. The molecule has 2 rings (SSSR count). The smallest absolute Gasteiger partial charge is 0.255 e. The predicted molar refractivity (Wildman–Crippen MR) is 87.5 cm³/mol. The number of amides is 1. The summed E-state index contributed by atoms with van der Waals surface area (Å²) < 4.78 is 0.760. The molecule has 1 aromatic rings. The van der Waals surface area contributed by atoms with Crippen molar-refractivity contribution < 1.29 is 9.90 Å². The van der Waals surface area contributed by atoms with E-state index in [2.05, 4.69) is 37.2 Å². The van der Waals surface area contributed by atoms with Crippen molar-refractivity contribution in [2.24, 2.45) is 5.41 Å². The quantitative estimate of drug-likeness (QED) is 0.737. The molecular formula is C15H19Br2NO2. The predicted octanol–water partition coefficient (Wildman–Crippen LogP) is 4.23. The topological polar surface area (TPSA) is 49.3 Å². The largest absolute Gasteiger partial charge is 0.507 e. The highest BCUT2D eigenvalue weighted by Gasteiger charge is 2.31. The van der Waals surface area contributed by atoms with Crippen molar-refractivity contribution >= 4 is 37.8 Å². The lowest BCUT2D eigenvalue weighted by Crippen LogP contribution is -2.40. The van der Waals surface area contributed by atoms with Crippen LogP contribution in [0.15, 0.2) is 22.7 Å². The molecule has 5 heteroatoms. The molecule has 1 saturated carbocycles. The Morgan fingerprint density at radius 2 is 2.00 bits per heavy atom. The minimum atomic E-state index is -0.208. The number of rotatable bonds is 4. The van der Waals surface area contributed by atoms with Gasteiger partial charge in [0, 0.05) is 16.3 Å². The number of phenolic OH excluding ortho intramolecular Hbond substituents is 1. The molecule has 110 valence electrons. The third kappa shape index (κ3) is 3.76. The van der Waals surface area contributed by atoms with E-state index < -0.39 is 0 Å². The normalized spacial score (nSPS) is 17.7. The molecular weight excluding hydrogens is 386 g/mol. The van der Waals surface area contributed by atoms with Gasteiger partial charge in [0.15, 0.2) is 0 Å². The van der Waals surface area contributed by atoms with Crippen molar-refractivity contribution in [3.8, 4) is 5.75 Å². The molecule has 0 heterocycles. The van der Waals surface area contributed by atoms with Crippen LogP contribution in [0.3, 0.4) is 0 Å². The van der Waals surface area contributed by atoms with E-state index in [0.29, 0.717) is 12.1 Å². The molecule has 0 atom stereocenters. The summed E-state index contributed by atoms with van der Waals surface area (Å²) in [5.74, 6) is -0.200. The van der Waals surface area contributed by atoms with Crippen molar-refractivity contribution in [1.29, 1.82) is 0 Å². The van der Waals surface area contributed by atoms with Crippen LogP contribution in [0.5, 0.6) is 5.75 Å². The van der Waals surface area contributed by atoms with E-state index in [9.17, 15) is 9.90 Å². The molecule has 1 aliphatic carbocycles. The van der Waals surface area contributed by atoms with Gasteiger partial charge in [-0.15, -0.1) is 0 Å². The zero-order valence-electron chi connectivity index (χ0n) is 11.3. The third-order valence-corrected chi connectivity index (χ3v) is 5.71. The van der Waals surface area contributed by atoms with Gasteiger partial charge in [0.2, 0.25) is 0 Å². The number of halogens is 2. The highest BCUT2D eigenvalue weighted by Crippen LogP contribution is 2.37. The van der Waals surface area contributed by atoms with Crippen LogP contribution in [0.4, 0.5) is 0 Å². The lowest BCUT2D eigenvalue weighted by molar-refractivity contribution is 0.0919. The molecule has 0 aromatic heterocycles. The van der Waals surface area contributed by atoms with E-state index in [0.717, 1.165) is 22.6 Å². The number of hydrogen-bond acceptors (Lipinski definition) is 2. The zero-order valence-corrected chi connectivity index (χ0v) is 14.5. The standard InChI is InChI=1S/C15H19Br2NO2/c16-9-15(6-2-1-3-7-15)10-18-14(20)12-5-4-11(17)8-13(12)19/h4-5,8,19H,1-3,6-7,9-10H2,(H,18,20). The van der Waals surface area contributed by atoms with Gasteiger partial charge in [0.05, 0.1) is 5.56 Å². The molecule has 2 N–H and O–H groups in total. The van der Waals surface area contributed by atoms with Crippen LogP contribution in [-0.2, 0) is 0 Å². The maximum absolute atomic E-state index is 12.2. The number of benzene rings is 1. The van der Waals surface area contributed by atoms with Crippen LogP contribution in [-0.4, -0.2) is 22.9 Å². The molecule has 3 nitrogen and oxygen atoms in total. The van der Waals surface area contributed by atoms with Gasteiger partial charge in [-0.05, 0) is 36.5 Å². The molecule has 0 bridgehead atoms. The van der Waals surface area contributed by atoms with E-state index in [-0.39, 0.29) is 17.1 Å². The van der Waals surface area contributed by atoms with E-state index in [1.54, 1.807) is 12.1 Å². The Hall–Kier alpha value is -0.550. The molecule has 0 saturated heterocycles. The summed E-state index contributed by atoms with van der Waals surface area (Å²) in [7, 11) is 0. The maximum atomic E-state index is 12.2. The van der Waals surface area contributed by atoms with Crippen LogP contribution in [0, 0.1) is 5.41 Å². The van der Waals surface area contributed by atoms with E-state index in [1.807, 2.05) is 0 Å². The minimum Gasteiger partial charge on any atom is -0.507 e. The molecule has 0 unspecified atom stereocenters. The third-order valence-electron chi connectivity index (χ3n) is 4.03. The van der Waals surface area contributed by atoms with Gasteiger partial charge in [-0.2, -0.15) is 0 Å². The first kappa shape index (κ1) is 15.8. The first-order valence-corrected chi connectivity index (χ1v) is 8.80. The number of phenols is 1. The molecule has 20 heavy (non-hydrogen) atoms. The average Bonchev–Trinajstić information content (AvgIpc) is 2.46. The van der Waals surface area contributed by atoms with Crippen LogP contribution >= 0.6 is 31.9 Å². The summed E-state index contributed by atoms with van der Waals surface area (Å²) in [5.41, 5.74) is 0.493. The van der Waals surface area contributed by atoms with E-state index in [1.165, 1.54) is 25.3 Å². The van der Waals surface area contributed by atoms with Crippen LogP contribution in [0.2, 0.25) is 0 Å². The lowest BCUT2D eigenvalue weighted by atomic mass is 9.75. The summed E-state index contributed by atoms with van der Waals surface area (Å²) in [6.07, 6.45) is 6.03. The van der Waals surface area contributed by atoms with Crippen molar-refractivity contribution in [3.05, 3.63) is 28.2 Å². The van der Waals surface area contributed by atoms with Crippen LogP contribution in [0.25, 0.3) is 0 Å². The first-order chi connectivity index (χ1) is 9.56. The average molecular weight is 405 g/mol. The van der Waals surface area contributed by atoms with Crippen LogP contribution in [0.1, 0.15) is 42.5 Å². The van der Waals surface area contributed by atoms with Crippen LogP contribution < -0.4 is 5.32 Å².